The minimum Gasteiger partial charge on any atom is -0.481 e. The van der Waals surface area contributed by atoms with E-state index >= 15 is 0 Å². The number of primary amides is 1. The third-order valence-corrected chi connectivity index (χ3v) is 3.43. The van der Waals surface area contributed by atoms with Gasteiger partial charge in [-0.2, -0.15) is 0 Å². The molecule has 0 spiro atoms. The molecule has 3 amide bonds. The minimum atomic E-state index is -1.13. The van der Waals surface area contributed by atoms with Crippen molar-refractivity contribution in [1.82, 2.24) is 10.6 Å². The number of nitrogens with two attached hydrogens (primary N) is 1. The van der Waals surface area contributed by atoms with E-state index in [2.05, 4.69) is 20.7 Å². The van der Waals surface area contributed by atoms with E-state index in [1.54, 1.807) is 13.8 Å². The largest absolute Gasteiger partial charge is 0.481 e. The van der Waals surface area contributed by atoms with Crippen LogP contribution >= 0.6 is 0 Å². The Bertz CT molecular complexity index is 544. The number of aliphatic carboxylic acids is 1. The molecular weight excluding hydrogens is 332 g/mol. The van der Waals surface area contributed by atoms with E-state index in [1.165, 1.54) is 0 Å². The number of hydrogen-bond donors (Lipinski definition) is 4. The molecule has 2 atom stereocenters. The topological polar surface area (TPSA) is 187 Å². The van der Waals surface area contributed by atoms with Crippen LogP contribution in [0.25, 0.3) is 10.4 Å². The summed E-state index contributed by atoms with van der Waals surface area (Å²) in [5.41, 5.74) is 13.1. The van der Waals surface area contributed by atoms with Crippen LogP contribution in [0.3, 0.4) is 0 Å². The first-order valence-corrected chi connectivity index (χ1v) is 7.78. The molecule has 0 radical (unpaired) electrons. The van der Waals surface area contributed by atoms with Crippen molar-refractivity contribution < 1.29 is 24.3 Å². The van der Waals surface area contributed by atoms with Crippen molar-refractivity contribution in [2.24, 2.45) is 22.7 Å². The Morgan fingerprint density at radius 1 is 1.28 bits per heavy atom. The van der Waals surface area contributed by atoms with Crippen molar-refractivity contribution in [2.45, 2.75) is 39.2 Å². The maximum atomic E-state index is 12.4. The van der Waals surface area contributed by atoms with Gasteiger partial charge in [0.1, 0.15) is 6.54 Å². The number of nitrogens with one attached hydrogen (secondary N) is 2. The van der Waals surface area contributed by atoms with Gasteiger partial charge in [-0.1, -0.05) is 19.0 Å². The molecule has 0 saturated carbocycles. The van der Waals surface area contributed by atoms with Gasteiger partial charge in [-0.3, -0.25) is 14.4 Å². The molecule has 0 heterocycles. The quantitative estimate of drug-likeness (QED) is 0.172. The molecule has 0 bridgehead atoms. The number of ketones is 1. The average Bonchev–Trinajstić information content (AvgIpc) is 2.52. The number of urea groups is 1. The monoisotopic (exact) mass is 356 g/mol. The van der Waals surface area contributed by atoms with Crippen LogP contribution in [0, 0.1) is 11.8 Å². The Kier molecular flexibility index (Phi) is 10.4. The minimum absolute atomic E-state index is 0.179. The number of carboxylic acid groups (broad SMARTS) is 1. The Hall–Kier alpha value is -2.81. The maximum absolute atomic E-state index is 12.4. The van der Waals surface area contributed by atoms with Crippen LogP contribution in [0.15, 0.2) is 5.11 Å². The molecule has 0 saturated heterocycles. The van der Waals surface area contributed by atoms with Gasteiger partial charge in [-0.15, -0.1) is 0 Å². The molecule has 5 N–H and O–H groups in total. The molecule has 0 fully saturated rings. The highest BCUT2D eigenvalue weighted by Crippen LogP contribution is 2.16. The van der Waals surface area contributed by atoms with Crippen molar-refractivity contribution in [3.63, 3.8) is 0 Å². The third-order valence-electron chi connectivity index (χ3n) is 3.43. The maximum Gasteiger partial charge on any atom is 0.312 e. The number of amides is 3. The van der Waals surface area contributed by atoms with E-state index in [9.17, 15) is 24.3 Å². The number of Topliss-reactive ketones (excluding diaryl/α,β-unsaturated/α-hetero) is 1. The van der Waals surface area contributed by atoms with E-state index in [4.69, 9.17) is 11.3 Å². The van der Waals surface area contributed by atoms with Crippen LogP contribution in [0.5, 0.6) is 0 Å². The molecule has 0 aromatic rings. The van der Waals surface area contributed by atoms with Gasteiger partial charge in [0.25, 0.3) is 0 Å². The van der Waals surface area contributed by atoms with Crippen molar-refractivity contribution in [1.29, 1.82) is 0 Å². The molecule has 0 aromatic heterocycles. The molecule has 0 aromatic carbocycles. The summed E-state index contributed by atoms with van der Waals surface area (Å²) in [7, 11) is 0. The van der Waals surface area contributed by atoms with Crippen LogP contribution in [0.4, 0.5) is 4.79 Å². The Labute approximate surface area is 144 Å². The van der Waals surface area contributed by atoms with E-state index in [0.29, 0.717) is 6.42 Å². The van der Waals surface area contributed by atoms with E-state index < -0.39 is 42.2 Å². The zero-order chi connectivity index (χ0) is 19.4. The molecule has 11 heteroatoms. The summed E-state index contributed by atoms with van der Waals surface area (Å²) in [6.45, 7) is 3.20. The number of hydrogen-bond acceptors (Lipinski definition) is 5. The third kappa shape index (κ3) is 9.82. The van der Waals surface area contributed by atoms with Gasteiger partial charge in [-0.25, -0.2) is 4.79 Å². The Balaban J connectivity index is 4.74. The Morgan fingerprint density at radius 3 is 2.40 bits per heavy atom. The van der Waals surface area contributed by atoms with Crippen LogP contribution in [-0.4, -0.2) is 47.9 Å². The number of azide groups is 1. The zero-order valence-electron chi connectivity index (χ0n) is 14.3. The van der Waals surface area contributed by atoms with Crippen molar-refractivity contribution in [2.75, 3.05) is 13.1 Å². The molecule has 11 nitrogen and oxygen atoms in total. The lowest BCUT2D eigenvalue weighted by Crippen LogP contribution is -2.46. The fraction of sp³-hybridized carbons (Fsp3) is 0.714. The van der Waals surface area contributed by atoms with Gasteiger partial charge >= 0.3 is 12.0 Å². The van der Waals surface area contributed by atoms with Gasteiger partial charge in [-0.05, 0) is 24.3 Å². The SMILES string of the molecule is CC(C)[C@H](NC(=O)CN=[N+]=[N-])C(=O)C[C@@H](CCCNC(N)=O)C(=O)O. The van der Waals surface area contributed by atoms with Crippen LogP contribution in [0.2, 0.25) is 0 Å². The molecule has 140 valence electrons. The molecule has 0 aliphatic rings. The summed E-state index contributed by atoms with van der Waals surface area (Å²) in [4.78, 5) is 48.3. The predicted octanol–water partition coefficient (Wildman–Crippen LogP) is 0.546. The second kappa shape index (κ2) is 11.7. The highest BCUT2D eigenvalue weighted by molar-refractivity contribution is 5.92. The highest BCUT2D eigenvalue weighted by Gasteiger charge is 2.28. The number of carboxylic acids is 1. The zero-order valence-corrected chi connectivity index (χ0v) is 14.3. The molecule has 0 unspecified atom stereocenters. The summed E-state index contributed by atoms with van der Waals surface area (Å²) >= 11 is 0. The normalized spacial score (nSPS) is 12.6. The van der Waals surface area contributed by atoms with Crippen LogP contribution in [0.1, 0.15) is 33.1 Å². The lowest BCUT2D eigenvalue weighted by atomic mass is 9.90. The second-order valence-corrected chi connectivity index (χ2v) is 5.82. The lowest BCUT2D eigenvalue weighted by molar-refractivity contribution is -0.144. The van der Waals surface area contributed by atoms with Gasteiger partial charge in [0.05, 0.1) is 12.0 Å². The van der Waals surface area contributed by atoms with Crippen molar-refractivity contribution in [3.05, 3.63) is 10.4 Å². The highest BCUT2D eigenvalue weighted by atomic mass is 16.4. The predicted molar refractivity (Wildman–Crippen MR) is 88.4 cm³/mol. The summed E-state index contributed by atoms with van der Waals surface area (Å²) < 4.78 is 0. The second-order valence-electron chi connectivity index (χ2n) is 5.82. The molecule has 25 heavy (non-hydrogen) atoms. The summed E-state index contributed by atoms with van der Waals surface area (Å²) in [5, 5.41) is 17.2. The number of rotatable bonds is 12. The number of carbonyl (C=O) groups excluding carboxylic acids is 3. The molecular formula is C14H24N6O5. The van der Waals surface area contributed by atoms with Gasteiger partial charge in [0.15, 0.2) is 5.78 Å². The van der Waals surface area contributed by atoms with Crippen LogP contribution < -0.4 is 16.4 Å². The fourth-order valence-electron chi connectivity index (χ4n) is 2.18. The van der Waals surface area contributed by atoms with Crippen molar-refractivity contribution in [3.8, 4) is 0 Å². The summed E-state index contributed by atoms with van der Waals surface area (Å²) in [5.74, 6) is -3.34. The Morgan fingerprint density at radius 2 is 1.92 bits per heavy atom. The standard InChI is InChI=1S/C14H24N6O5/c1-8(2)12(19-11(22)7-18-20-16)10(21)6-9(13(23)24)4-3-5-17-14(15)25/h8-9,12H,3-7H2,1-2H3,(H,19,22)(H,23,24)(H3,15,17,25)/t9-,12+/m1/s1. The lowest BCUT2D eigenvalue weighted by Gasteiger charge is -2.22. The number of nitrogens with zero attached hydrogens (tertiary/aromatic N) is 3. The first kappa shape index (κ1) is 22.2. The first-order chi connectivity index (χ1) is 11.7. The number of carbonyl (C=O) groups is 4. The van der Waals surface area contributed by atoms with Gasteiger partial charge < -0.3 is 21.5 Å². The molecule has 0 rings (SSSR count). The molecule has 0 aliphatic heterocycles. The average molecular weight is 356 g/mol. The van der Waals surface area contributed by atoms with Crippen LogP contribution in [-0.2, 0) is 14.4 Å². The van der Waals surface area contributed by atoms with Gasteiger partial charge in [0.2, 0.25) is 5.91 Å². The smallest absolute Gasteiger partial charge is 0.312 e. The fourth-order valence-corrected chi connectivity index (χ4v) is 2.18. The molecule has 0 aliphatic carbocycles. The van der Waals surface area contributed by atoms with Gasteiger partial charge in [0, 0.05) is 17.9 Å². The van der Waals surface area contributed by atoms with E-state index in [1.807, 2.05) is 0 Å². The van der Waals surface area contributed by atoms with E-state index in [0.717, 1.165) is 0 Å². The van der Waals surface area contributed by atoms with Crippen molar-refractivity contribution >= 4 is 23.7 Å². The first-order valence-electron chi connectivity index (χ1n) is 7.78. The van der Waals surface area contributed by atoms with E-state index in [-0.39, 0.29) is 25.3 Å². The summed E-state index contributed by atoms with van der Waals surface area (Å²) in [6.07, 6.45) is 0.276. The summed E-state index contributed by atoms with van der Waals surface area (Å²) in [6, 6.07) is -1.57.